The van der Waals surface area contributed by atoms with Gasteiger partial charge in [0, 0.05) is 12.1 Å². The van der Waals surface area contributed by atoms with E-state index in [4.69, 9.17) is 0 Å². The van der Waals surface area contributed by atoms with Crippen LogP contribution in [0.1, 0.15) is 66.6 Å². The Morgan fingerprint density at radius 2 is 1.70 bits per heavy atom. The number of carbonyl (C=O) groups excluding carboxylic acids is 1. The molecule has 0 bridgehead atoms. The molecule has 0 aromatic heterocycles. The number of amides is 1. The van der Waals surface area contributed by atoms with Crippen LogP contribution in [-0.2, 0) is 10.0 Å². The minimum atomic E-state index is -3.82. The Morgan fingerprint density at radius 1 is 1.00 bits per heavy atom. The number of nitrogens with one attached hydrogen (secondary N) is 2. The highest BCUT2D eigenvalue weighted by Gasteiger charge is 2.20. The summed E-state index contributed by atoms with van der Waals surface area (Å²) in [5, 5.41) is 2.97. The van der Waals surface area contributed by atoms with Crippen LogP contribution in [0.5, 0.6) is 0 Å². The molecule has 0 aliphatic rings. The molecule has 2 aromatic carbocycles. The van der Waals surface area contributed by atoms with Crippen molar-refractivity contribution in [3.05, 3.63) is 58.7 Å². The lowest BCUT2D eigenvalue weighted by Crippen LogP contribution is -2.29. The summed E-state index contributed by atoms with van der Waals surface area (Å²) in [5.74, 6) is 0.196. The highest BCUT2D eigenvalue weighted by Crippen LogP contribution is 2.24. The van der Waals surface area contributed by atoms with Gasteiger partial charge in [-0.3, -0.25) is 9.52 Å². The van der Waals surface area contributed by atoms with Crippen molar-refractivity contribution >= 4 is 21.6 Å². The monoisotopic (exact) mass is 430 g/mol. The fraction of sp³-hybridized carbons (Fsp3) is 0.458. The summed E-state index contributed by atoms with van der Waals surface area (Å²) >= 11 is 0. The van der Waals surface area contributed by atoms with Crippen LogP contribution in [0.25, 0.3) is 0 Å². The first kappa shape index (κ1) is 23.9. The number of benzene rings is 2. The molecule has 5 nitrogen and oxygen atoms in total. The maximum absolute atomic E-state index is 13.0. The molecule has 0 saturated carbocycles. The van der Waals surface area contributed by atoms with Crippen LogP contribution >= 0.6 is 0 Å². The average molecular weight is 431 g/mol. The van der Waals surface area contributed by atoms with E-state index in [9.17, 15) is 13.2 Å². The molecule has 0 radical (unpaired) electrons. The molecule has 0 aliphatic heterocycles. The van der Waals surface area contributed by atoms with E-state index in [1.807, 2.05) is 26.0 Å². The minimum Gasteiger partial charge on any atom is -0.352 e. The zero-order valence-corrected chi connectivity index (χ0v) is 19.5. The van der Waals surface area contributed by atoms with Crippen LogP contribution in [0, 0.1) is 26.7 Å². The van der Waals surface area contributed by atoms with E-state index in [0.717, 1.165) is 36.8 Å². The molecule has 0 unspecified atom stereocenters. The van der Waals surface area contributed by atoms with Gasteiger partial charge in [-0.1, -0.05) is 51.3 Å². The quantitative estimate of drug-likeness (QED) is 0.533. The number of aryl methyl sites for hydroxylation is 3. The number of hydrogen-bond acceptors (Lipinski definition) is 3. The molecule has 0 heterocycles. The van der Waals surface area contributed by atoms with Gasteiger partial charge in [-0.15, -0.1) is 0 Å². The minimum absolute atomic E-state index is 0.120. The molecule has 0 fully saturated rings. The third kappa shape index (κ3) is 6.33. The molecular weight excluding hydrogens is 396 g/mol. The molecule has 0 spiro atoms. The Bertz CT molecular complexity index is 984. The van der Waals surface area contributed by atoms with E-state index in [1.54, 1.807) is 25.1 Å². The van der Waals surface area contributed by atoms with E-state index in [1.165, 1.54) is 6.07 Å². The molecule has 6 heteroatoms. The number of rotatable bonds is 10. The highest BCUT2D eigenvalue weighted by atomic mass is 32.2. The fourth-order valence-electron chi connectivity index (χ4n) is 3.36. The first-order valence-corrected chi connectivity index (χ1v) is 12.1. The van der Waals surface area contributed by atoms with Gasteiger partial charge in [-0.05, 0) is 68.0 Å². The predicted octanol–water partition coefficient (Wildman–Crippen LogP) is 5.36. The molecule has 164 valence electrons. The van der Waals surface area contributed by atoms with E-state index >= 15 is 0 Å². The lowest BCUT2D eigenvalue weighted by atomic mass is 9.99. The summed E-state index contributed by atoms with van der Waals surface area (Å²) in [6, 6.07) is 10.4. The van der Waals surface area contributed by atoms with Gasteiger partial charge >= 0.3 is 0 Å². The second-order valence-corrected chi connectivity index (χ2v) is 9.68. The molecular formula is C24H34N2O3S. The van der Waals surface area contributed by atoms with E-state index < -0.39 is 10.0 Å². The topological polar surface area (TPSA) is 75.3 Å². The lowest BCUT2D eigenvalue weighted by molar-refractivity contribution is 0.0945. The Labute approximate surface area is 181 Å². The largest absolute Gasteiger partial charge is 0.352 e. The van der Waals surface area contributed by atoms with Crippen LogP contribution in [0.3, 0.4) is 0 Å². The van der Waals surface area contributed by atoms with Crippen LogP contribution in [0.2, 0.25) is 0 Å². The molecule has 2 rings (SSSR count). The Morgan fingerprint density at radius 3 is 2.37 bits per heavy atom. The zero-order chi connectivity index (χ0) is 22.3. The third-order valence-electron chi connectivity index (χ3n) is 5.47. The van der Waals surface area contributed by atoms with Crippen molar-refractivity contribution in [2.45, 2.75) is 65.2 Å². The van der Waals surface area contributed by atoms with Crippen molar-refractivity contribution in [2.75, 3.05) is 11.3 Å². The van der Waals surface area contributed by atoms with Crippen molar-refractivity contribution < 1.29 is 13.2 Å². The van der Waals surface area contributed by atoms with Gasteiger partial charge in [0.05, 0.1) is 10.6 Å². The van der Waals surface area contributed by atoms with Gasteiger partial charge in [0.15, 0.2) is 0 Å². The molecule has 2 N–H and O–H groups in total. The summed E-state index contributed by atoms with van der Waals surface area (Å²) in [6.07, 6.45) is 4.37. The molecule has 30 heavy (non-hydrogen) atoms. The number of carbonyl (C=O) groups is 1. The number of unbranched alkanes of at least 4 members (excludes halogenated alkanes) is 1. The van der Waals surface area contributed by atoms with Gasteiger partial charge in [-0.2, -0.15) is 0 Å². The molecule has 0 aliphatic carbocycles. The second-order valence-electron chi connectivity index (χ2n) is 8.03. The zero-order valence-electron chi connectivity index (χ0n) is 18.7. The van der Waals surface area contributed by atoms with Crippen molar-refractivity contribution in [1.29, 1.82) is 0 Å². The Balaban J connectivity index is 2.21. The third-order valence-corrected chi connectivity index (χ3v) is 6.98. The van der Waals surface area contributed by atoms with Gasteiger partial charge < -0.3 is 5.32 Å². The van der Waals surface area contributed by atoms with Crippen molar-refractivity contribution in [1.82, 2.24) is 5.32 Å². The van der Waals surface area contributed by atoms with Gasteiger partial charge in [0.2, 0.25) is 0 Å². The van der Waals surface area contributed by atoms with Gasteiger partial charge in [-0.25, -0.2) is 8.42 Å². The lowest BCUT2D eigenvalue weighted by Gasteiger charge is -2.16. The van der Waals surface area contributed by atoms with Crippen molar-refractivity contribution in [3.8, 4) is 0 Å². The summed E-state index contributed by atoms with van der Waals surface area (Å²) < 4.78 is 28.8. The Kier molecular flexibility index (Phi) is 8.47. The van der Waals surface area contributed by atoms with Crippen LogP contribution in [0.4, 0.5) is 5.69 Å². The number of hydrogen-bond donors (Lipinski definition) is 2. The second kappa shape index (κ2) is 10.6. The molecule has 0 saturated heterocycles. The maximum Gasteiger partial charge on any atom is 0.262 e. The smallest absolute Gasteiger partial charge is 0.262 e. The average Bonchev–Trinajstić information content (AvgIpc) is 2.70. The maximum atomic E-state index is 13.0. The fourth-order valence-corrected chi connectivity index (χ4v) is 4.75. The standard InChI is InChI=1S/C24H34N2O3S/c1-6-8-9-20(7-2)16-25-24(27)21-13-12-19(5)23(15-21)30(28,29)26-22-14-17(3)10-11-18(22)4/h10-15,20,26H,6-9,16H2,1-5H3,(H,25,27)/t20-/m0/s1. The summed E-state index contributed by atoms with van der Waals surface area (Å²) in [4.78, 5) is 12.8. The van der Waals surface area contributed by atoms with Gasteiger partial charge in [0.1, 0.15) is 0 Å². The van der Waals surface area contributed by atoms with Crippen molar-refractivity contribution in [2.24, 2.45) is 5.92 Å². The van der Waals surface area contributed by atoms with E-state index in [2.05, 4.69) is 23.9 Å². The highest BCUT2D eigenvalue weighted by molar-refractivity contribution is 7.92. The van der Waals surface area contributed by atoms with Crippen LogP contribution in [0.15, 0.2) is 41.3 Å². The predicted molar refractivity (Wildman–Crippen MR) is 124 cm³/mol. The molecule has 1 amide bonds. The summed E-state index contributed by atoms with van der Waals surface area (Å²) in [5.41, 5.74) is 3.31. The van der Waals surface area contributed by atoms with Crippen LogP contribution in [-0.4, -0.2) is 20.9 Å². The number of sulfonamides is 1. The Hall–Kier alpha value is -2.34. The van der Waals surface area contributed by atoms with E-state index in [-0.39, 0.29) is 10.8 Å². The van der Waals surface area contributed by atoms with Crippen molar-refractivity contribution in [3.63, 3.8) is 0 Å². The number of anilines is 1. The summed E-state index contributed by atoms with van der Waals surface area (Å²) in [6.45, 7) is 10.4. The first-order valence-electron chi connectivity index (χ1n) is 10.7. The molecule has 2 aromatic rings. The summed E-state index contributed by atoms with van der Waals surface area (Å²) in [7, 11) is -3.82. The SMILES string of the molecule is CCCC[C@H](CC)CNC(=O)c1ccc(C)c(S(=O)(=O)Nc2cc(C)ccc2C)c1. The first-order chi connectivity index (χ1) is 14.2. The van der Waals surface area contributed by atoms with Crippen LogP contribution < -0.4 is 10.0 Å². The molecule has 1 atom stereocenters. The normalized spacial score (nSPS) is 12.4. The van der Waals surface area contributed by atoms with Gasteiger partial charge in [0.25, 0.3) is 15.9 Å². The van der Waals surface area contributed by atoms with E-state index in [0.29, 0.717) is 29.3 Å².